The number of fused-ring (bicyclic) bond motifs is 1. The summed E-state index contributed by atoms with van der Waals surface area (Å²) in [4.78, 5) is 10.4. The minimum absolute atomic E-state index is 0.680. The molecule has 1 aliphatic heterocycles. The predicted octanol–water partition coefficient (Wildman–Crippen LogP) is 1.70. The summed E-state index contributed by atoms with van der Waals surface area (Å²) in [6, 6.07) is 7.72. The zero-order chi connectivity index (χ0) is 8.39. The molecule has 0 aromatic heterocycles. The van der Waals surface area contributed by atoms with E-state index >= 15 is 0 Å². The Morgan fingerprint density at radius 1 is 1.33 bits per heavy atom. The first kappa shape index (κ1) is 7.10. The Morgan fingerprint density at radius 3 is 3.00 bits per heavy atom. The van der Waals surface area contributed by atoms with E-state index in [1.165, 1.54) is 6.26 Å². The SMILES string of the molecule is O=CC1=COc2ccccc2C1. The summed E-state index contributed by atoms with van der Waals surface area (Å²) in [5.41, 5.74) is 1.76. The fraction of sp³-hybridized carbons (Fsp3) is 0.100. The van der Waals surface area contributed by atoms with Crippen molar-refractivity contribution in [2.24, 2.45) is 0 Å². The third-order valence-electron chi connectivity index (χ3n) is 1.86. The number of allylic oxidation sites excluding steroid dienone is 1. The molecule has 0 spiro atoms. The molecule has 0 unspecified atom stereocenters. The van der Waals surface area contributed by atoms with Gasteiger partial charge in [0.25, 0.3) is 0 Å². The molecule has 2 nitrogen and oxygen atoms in total. The second kappa shape index (κ2) is 2.81. The molecule has 0 N–H and O–H groups in total. The van der Waals surface area contributed by atoms with Crippen molar-refractivity contribution in [3.63, 3.8) is 0 Å². The number of aldehydes is 1. The quantitative estimate of drug-likeness (QED) is 0.584. The molecule has 0 atom stereocenters. The minimum Gasteiger partial charge on any atom is -0.464 e. The van der Waals surface area contributed by atoms with Crippen LogP contribution in [-0.2, 0) is 11.2 Å². The Balaban J connectivity index is 2.36. The highest BCUT2D eigenvalue weighted by molar-refractivity contribution is 5.74. The molecule has 1 aromatic rings. The molecule has 12 heavy (non-hydrogen) atoms. The zero-order valence-electron chi connectivity index (χ0n) is 6.49. The van der Waals surface area contributed by atoms with Crippen LogP contribution in [0.1, 0.15) is 5.56 Å². The third kappa shape index (κ3) is 1.11. The Labute approximate surface area is 70.5 Å². The monoisotopic (exact) mass is 160 g/mol. The molecule has 0 radical (unpaired) electrons. The molecule has 1 heterocycles. The number of carbonyl (C=O) groups is 1. The first-order chi connectivity index (χ1) is 5.90. The van der Waals surface area contributed by atoms with Crippen LogP contribution in [0.3, 0.4) is 0 Å². The van der Waals surface area contributed by atoms with Crippen LogP contribution in [0, 0.1) is 0 Å². The number of hydrogen-bond donors (Lipinski definition) is 0. The van der Waals surface area contributed by atoms with Gasteiger partial charge in [0.2, 0.25) is 0 Å². The van der Waals surface area contributed by atoms with Crippen LogP contribution >= 0.6 is 0 Å². The molecule has 0 saturated heterocycles. The second-order valence-corrected chi connectivity index (χ2v) is 2.71. The van der Waals surface area contributed by atoms with Crippen molar-refractivity contribution in [1.29, 1.82) is 0 Å². The smallest absolute Gasteiger partial charge is 0.149 e. The Hall–Kier alpha value is -1.57. The van der Waals surface area contributed by atoms with Gasteiger partial charge in [0, 0.05) is 12.0 Å². The van der Waals surface area contributed by atoms with Gasteiger partial charge in [0.15, 0.2) is 0 Å². The van der Waals surface area contributed by atoms with Crippen LogP contribution in [0.25, 0.3) is 0 Å². The van der Waals surface area contributed by atoms with Crippen molar-refractivity contribution in [3.8, 4) is 5.75 Å². The lowest BCUT2D eigenvalue weighted by Gasteiger charge is -2.13. The van der Waals surface area contributed by atoms with Gasteiger partial charge < -0.3 is 4.74 Å². The fourth-order valence-corrected chi connectivity index (χ4v) is 1.24. The Bertz CT molecular complexity index is 339. The molecule has 0 bridgehead atoms. The molecule has 2 rings (SSSR count). The second-order valence-electron chi connectivity index (χ2n) is 2.71. The van der Waals surface area contributed by atoms with Gasteiger partial charge in [0.05, 0.1) is 6.26 Å². The van der Waals surface area contributed by atoms with Gasteiger partial charge >= 0.3 is 0 Å². The zero-order valence-corrected chi connectivity index (χ0v) is 6.49. The van der Waals surface area contributed by atoms with Gasteiger partial charge in [-0.25, -0.2) is 0 Å². The standard InChI is InChI=1S/C10H8O2/c11-6-8-5-9-3-1-2-4-10(9)12-7-8/h1-4,6-7H,5H2. The van der Waals surface area contributed by atoms with E-state index in [0.29, 0.717) is 12.0 Å². The lowest BCUT2D eigenvalue weighted by atomic mass is 10.0. The molecule has 0 fully saturated rings. The number of rotatable bonds is 1. The van der Waals surface area contributed by atoms with Gasteiger partial charge in [0.1, 0.15) is 12.0 Å². The van der Waals surface area contributed by atoms with E-state index < -0.39 is 0 Å². The normalized spacial score (nSPS) is 14.2. The van der Waals surface area contributed by atoms with Crippen LogP contribution in [0.2, 0.25) is 0 Å². The van der Waals surface area contributed by atoms with Crippen molar-refractivity contribution < 1.29 is 9.53 Å². The average Bonchev–Trinajstić information content (AvgIpc) is 2.17. The molecule has 0 aliphatic carbocycles. The molecule has 0 amide bonds. The van der Waals surface area contributed by atoms with Crippen molar-refractivity contribution in [2.75, 3.05) is 0 Å². The molecular formula is C10H8O2. The largest absolute Gasteiger partial charge is 0.464 e. The molecular weight excluding hydrogens is 152 g/mol. The third-order valence-corrected chi connectivity index (χ3v) is 1.86. The number of para-hydroxylation sites is 1. The topological polar surface area (TPSA) is 26.3 Å². The van der Waals surface area contributed by atoms with Gasteiger partial charge in [-0.05, 0) is 11.6 Å². The maximum atomic E-state index is 10.4. The summed E-state index contributed by atoms with van der Waals surface area (Å²) in [6.45, 7) is 0. The number of carbonyl (C=O) groups excluding carboxylic acids is 1. The summed E-state index contributed by atoms with van der Waals surface area (Å²) in [5.74, 6) is 0.850. The van der Waals surface area contributed by atoms with Crippen LogP contribution < -0.4 is 4.74 Å². The number of ether oxygens (including phenoxy) is 1. The summed E-state index contributed by atoms with van der Waals surface area (Å²) in [7, 11) is 0. The highest BCUT2D eigenvalue weighted by atomic mass is 16.5. The Kier molecular flexibility index (Phi) is 1.67. The van der Waals surface area contributed by atoms with Gasteiger partial charge in [-0.1, -0.05) is 18.2 Å². The molecule has 1 aromatic carbocycles. The average molecular weight is 160 g/mol. The maximum Gasteiger partial charge on any atom is 0.149 e. The van der Waals surface area contributed by atoms with Crippen molar-refractivity contribution in [1.82, 2.24) is 0 Å². The first-order valence-electron chi connectivity index (χ1n) is 3.79. The van der Waals surface area contributed by atoms with Gasteiger partial charge in [-0.3, -0.25) is 4.79 Å². The summed E-state index contributed by atoms with van der Waals surface area (Å²) in [5, 5.41) is 0. The highest BCUT2D eigenvalue weighted by Gasteiger charge is 2.10. The molecule has 0 saturated carbocycles. The van der Waals surface area contributed by atoms with Gasteiger partial charge in [-0.2, -0.15) is 0 Å². The molecule has 60 valence electrons. The van der Waals surface area contributed by atoms with E-state index in [0.717, 1.165) is 17.6 Å². The first-order valence-corrected chi connectivity index (χ1v) is 3.79. The van der Waals surface area contributed by atoms with Crippen molar-refractivity contribution >= 4 is 6.29 Å². The van der Waals surface area contributed by atoms with Crippen molar-refractivity contribution in [2.45, 2.75) is 6.42 Å². The lowest BCUT2D eigenvalue weighted by Crippen LogP contribution is -2.03. The number of benzene rings is 1. The summed E-state index contributed by atoms with van der Waals surface area (Å²) >= 11 is 0. The minimum atomic E-state index is 0.680. The van der Waals surface area contributed by atoms with E-state index in [1.807, 2.05) is 24.3 Å². The van der Waals surface area contributed by atoms with E-state index in [1.54, 1.807) is 0 Å². The van der Waals surface area contributed by atoms with E-state index in [-0.39, 0.29) is 0 Å². The highest BCUT2D eigenvalue weighted by Crippen LogP contribution is 2.24. The maximum absolute atomic E-state index is 10.4. The Morgan fingerprint density at radius 2 is 2.17 bits per heavy atom. The fourth-order valence-electron chi connectivity index (χ4n) is 1.24. The summed E-state index contributed by atoms with van der Waals surface area (Å²) in [6.07, 6.45) is 3.02. The van der Waals surface area contributed by atoms with Crippen LogP contribution in [0.5, 0.6) is 5.75 Å². The van der Waals surface area contributed by atoms with Crippen LogP contribution in [0.4, 0.5) is 0 Å². The number of hydrogen-bond acceptors (Lipinski definition) is 2. The molecule has 1 aliphatic rings. The van der Waals surface area contributed by atoms with Crippen LogP contribution in [-0.4, -0.2) is 6.29 Å². The lowest BCUT2D eigenvalue weighted by molar-refractivity contribution is -0.105. The molecule has 2 heteroatoms. The summed E-state index contributed by atoms with van der Waals surface area (Å²) < 4.78 is 5.23. The van der Waals surface area contributed by atoms with Gasteiger partial charge in [-0.15, -0.1) is 0 Å². The van der Waals surface area contributed by atoms with Crippen LogP contribution in [0.15, 0.2) is 36.1 Å². The van der Waals surface area contributed by atoms with E-state index in [4.69, 9.17) is 4.74 Å². The van der Waals surface area contributed by atoms with Crippen molar-refractivity contribution in [3.05, 3.63) is 41.7 Å². The van der Waals surface area contributed by atoms with E-state index in [9.17, 15) is 4.79 Å². The predicted molar refractivity (Wildman–Crippen MR) is 44.9 cm³/mol. The van der Waals surface area contributed by atoms with E-state index in [2.05, 4.69) is 0 Å².